The van der Waals surface area contributed by atoms with E-state index >= 15 is 0 Å². The molecule has 0 aliphatic carbocycles. The third-order valence-corrected chi connectivity index (χ3v) is 5.23. The SMILES string of the molecule is Cc1cc(CN2CCN(C(=O)CCc3ccc(C(C)(C)C)cc3)CC2)no1. The second-order valence-electron chi connectivity index (χ2n) is 8.53. The molecule has 0 bridgehead atoms. The topological polar surface area (TPSA) is 49.6 Å². The van der Waals surface area contributed by atoms with E-state index in [1.165, 1.54) is 11.1 Å². The lowest BCUT2D eigenvalue weighted by Gasteiger charge is -2.34. The predicted molar refractivity (Wildman–Crippen MR) is 107 cm³/mol. The first kappa shape index (κ1) is 19.6. The van der Waals surface area contributed by atoms with Gasteiger partial charge < -0.3 is 9.42 Å². The first-order chi connectivity index (χ1) is 12.8. The highest BCUT2D eigenvalue weighted by atomic mass is 16.5. The minimum absolute atomic E-state index is 0.165. The van der Waals surface area contributed by atoms with E-state index in [0.717, 1.165) is 50.6 Å². The predicted octanol–water partition coefficient (Wildman–Crippen LogP) is 3.56. The molecule has 1 saturated heterocycles. The van der Waals surface area contributed by atoms with E-state index in [1.807, 2.05) is 17.9 Å². The second-order valence-corrected chi connectivity index (χ2v) is 8.53. The van der Waals surface area contributed by atoms with Crippen molar-refractivity contribution in [3.8, 4) is 0 Å². The summed E-state index contributed by atoms with van der Waals surface area (Å²) in [6.45, 7) is 12.7. The Morgan fingerprint density at radius 1 is 1.11 bits per heavy atom. The largest absolute Gasteiger partial charge is 0.361 e. The molecular formula is C22H31N3O2. The van der Waals surface area contributed by atoms with Gasteiger partial charge in [0.15, 0.2) is 0 Å². The molecule has 1 aliphatic rings. The van der Waals surface area contributed by atoms with Crippen LogP contribution in [0.4, 0.5) is 0 Å². The number of carbonyl (C=O) groups is 1. The number of rotatable bonds is 5. The van der Waals surface area contributed by atoms with Crippen molar-refractivity contribution in [2.24, 2.45) is 0 Å². The minimum atomic E-state index is 0.165. The summed E-state index contributed by atoms with van der Waals surface area (Å²) in [5.74, 6) is 1.10. The molecule has 27 heavy (non-hydrogen) atoms. The Kier molecular flexibility index (Phi) is 6.00. The van der Waals surface area contributed by atoms with Crippen LogP contribution in [-0.4, -0.2) is 47.0 Å². The molecule has 1 aromatic carbocycles. The highest BCUT2D eigenvalue weighted by molar-refractivity contribution is 5.76. The Morgan fingerprint density at radius 2 is 1.78 bits per heavy atom. The van der Waals surface area contributed by atoms with Gasteiger partial charge in [-0.2, -0.15) is 0 Å². The summed E-state index contributed by atoms with van der Waals surface area (Å²) in [4.78, 5) is 16.9. The molecule has 0 radical (unpaired) electrons. The van der Waals surface area contributed by atoms with Crippen LogP contribution in [-0.2, 0) is 23.2 Å². The van der Waals surface area contributed by atoms with E-state index in [1.54, 1.807) is 0 Å². The quantitative estimate of drug-likeness (QED) is 0.809. The van der Waals surface area contributed by atoms with Gasteiger partial charge in [-0.25, -0.2) is 0 Å². The lowest BCUT2D eigenvalue weighted by Crippen LogP contribution is -2.48. The van der Waals surface area contributed by atoms with Crippen LogP contribution < -0.4 is 0 Å². The summed E-state index contributed by atoms with van der Waals surface area (Å²) in [6.07, 6.45) is 1.39. The molecule has 0 N–H and O–H groups in total. The Bertz CT molecular complexity index is 751. The molecule has 1 aliphatic heterocycles. The van der Waals surface area contributed by atoms with Gasteiger partial charge in [0.1, 0.15) is 5.76 Å². The van der Waals surface area contributed by atoms with Crippen molar-refractivity contribution in [1.82, 2.24) is 15.0 Å². The van der Waals surface area contributed by atoms with Crippen LogP contribution in [0.5, 0.6) is 0 Å². The van der Waals surface area contributed by atoms with Crippen molar-refractivity contribution in [3.63, 3.8) is 0 Å². The van der Waals surface area contributed by atoms with E-state index in [-0.39, 0.29) is 11.3 Å². The average molecular weight is 370 g/mol. The number of amides is 1. The third kappa shape index (κ3) is 5.42. The van der Waals surface area contributed by atoms with Crippen LogP contribution in [0.25, 0.3) is 0 Å². The van der Waals surface area contributed by atoms with Crippen molar-refractivity contribution in [1.29, 1.82) is 0 Å². The van der Waals surface area contributed by atoms with Crippen LogP contribution in [0.1, 0.15) is 49.8 Å². The molecule has 1 fully saturated rings. The molecule has 1 amide bonds. The first-order valence-corrected chi connectivity index (χ1v) is 9.83. The smallest absolute Gasteiger partial charge is 0.222 e. The highest BCUT2D eigenvalue weighted by Crippen LogP contribution is 2.22. The molecule has 0 spiro atoms. The molecule has 5 heteroatoms. The van der Waals surface area contributed by atoms with Crippen molar-refractivity contribution >= 4 is 5.91 Å². The lowest BCUT2D eigenvalue weighted by atomic mass is 9.86. The Labute approximate surface area is 162 Å². The fraction of sp³-hybridized carbons (Fsp3) is 0.545. The van der Waals surface area contributed by atoms with Gasteiger partial charge in [-0.05, 0) is 29.9 Å². The molecule has 2 aromatic rings. The average Bonchev–Trinajstić information content (AvgIpc) is 3.04. The minimum Gasteiger partial charge on any atom is -0.361 e. The zero-order chi connectivity index (χ0) is 19.4. The van der Waals surface area contributed by atoms with Crippen LogP contribution in [0.2, 0.25) is 0 Å². The molecule has 5 nitrogen and oxygen atoms in total. The van der Waals surface area contributed by atoms with Gasteiger partial charge in [0, 0.05) is 45.2 Å². The van der Waals surface area contributed by atoms with Gasteiger partial charge in [-0.1, -0.05) is 50.2 Å². The van der Waals surface area contributed by atoms with Crippen molar-refractivity contribution in [3.05, 3.63) is 52.9 Å². The van der Waals surface area contributed by atoms with Crippen LogP contribution in [0, 0.1) is 6.92 Å². The van der Waals surface area contributed by atoms with Gasteiger partial charge in [0.25, 0.3) is 0 Å². The molecule has 1 aromatic heterocycles. The number of nitrogens with zero attached hydrogens (tertiary/aromatic N) is 3. The Morgan fingerprint density at radius 3 is 2.33 bits per heavy atom. The Hall–Kier alpha value is -2.14. The summed E-state index contributed by atoms with van der Waals surface area (Å²) < 4.78 is 5.12. The van der Waals surface area contributed by atoms with E-state index in [2.05, 4.69) is 55.1 Å². The monoisotopic (exact) mass is 369 g/mol. The summed E-state index contributed by atoms with van der Waals surface area (Å²) in [7, 11) is 0. The maximum absolute atomic E-state index is 12.5. The molecular weight excluding hydrogens is 338 g/mol. The number of hydrogen-bond donors (Lipinski definition) is 0. The summed E-state index contributed by atoms with van der Waals surface area (Å²) in [5, 5.41) is 4.05. The summed E-state index contributed by atoms with van der Waals surface area (Å²) in [6, 6.07) is 10.7. The van der Waals surface area contributed by atoms with Crippen molar-refractivity contribution < 1.29 is 9.32 Å². The number of aromatic nitrogens is 1. The Balaban J connectivity index is 1.43. The fourth-order valence-electron chi connectivity index (χ4n) is 3.46. The maximum Gasteiger partial charge on any atom is 0.222 e. The van der Waals surface area contributed by atoms with Gasteiger partial charge in [0.05, 0.1) is 5.69 Å². The van der Waals surface area contributed by atoms with Crippen LogP contribution in [0.3, 0.4) is 0 Å². The number of carbonyl (C=O) groups excluding carboxylic acids is 1. The van der Waals surface area contributed by atoms with Gasteiger partial charge in [-0.15, -0.1) is 0 Å². The normalized spacial score (nSPS) is 15.9. The molecule has 146 valence electrons. The zero-order valence-electron chi connectivity index (χ0n) is 17.0. The van der Waals surface area contributed by atoms with Gasteiger partial charge in [-0.3, -0.25) is 9.69 Å². The van der Waals surface area contributed by atoms with Crippen molar-refractivity contribution in [2.45, 2.75) is 52.5 Å². The molecule has 3 rings (SSSR count). The second kappa shape index (κ2) is 8.26. The molecule has 2 heterocycles. The zero-order valence-corrected chi connectivity index (χ0v) is 17.0. The standard InChI is InChI=1S/C22H31N3O2/c1-17-15-20(23-27-17)16-24-11-13-25(14-12-24)21(26)10-7-18-5-8-19(9-6-18)22(2,3)4/h5-6,8-9,15H,7,10-14,16H2,1-4H3. The number of hydrogen-bond acceptors (Lipinski definition) is 4. The van der Waals surface area contributed by atoms with Gasteiger partial charge >= 0.3 is 0 Å². The number of benzene rings is 1. The van der Waals surface area contributed by atoms with E-state index in [0.29, 0.717) is 6.42 Å². The van der Waals surface area contributed by atoms with E-state index < -0.39 is 0 Å². The summed E-state index contributed by atoms with van der Waals surface area (Å²) in [5.41, 5.74) is 3.69. The van der Waals surface area contributed by atoms with Crippen LogP contribution >= 0.6 is 0 Å². The van der Waals surface area contributed by atoms with E-state index in [4.69, 9.17) is 4.52 Å². The number of aryl methyl sites for hydroxylation is 2. The fourth-order valence-corrected chi connectivity index (χ4v) is 3.46. The number of piperazine rings is 1. The highest BCUT2D eigenvalue weighted by Gasteiger charge is 2.21. The lowest BCUT2D eigenvalue weighted by molar-refractivity contribution is -0.133. The van der Waals surface area contributed by atoms with Crippen LogP contribution in [0.15, 0.2) is 34.9 Å². The van der Waals surface area contributed by atoms with Gasteiger partial charge in [0.2, 0.25) is 5.91 Å². The molecule has 0 unspecified atom stereocenters. The van der Waals surface area contributed by atoms with E-state index in [9.17, 15) is 4.79 Å². The summed E-state index contributed by atoms with van der Waals surface area (Å²) >= 11 is 0. The maximum atomic E-state index is 12.5. The molecule has 0 atom stereocenters. The molecule has 0 saturated carbocycles. The van der Waals surface area contributed by atoms with Crippen molar-refractivity contribution in [2.75, 3.05) is 26.2 Å². The third-order valence-electron chi connectivity index (χ3n) is 5.23. The first-order valence-electron chi connectivity index (χ1n) is 9.83.